The van der Waals surface area contributed by atoms with Crippen LogP contribution in [0.5, 0.6) is 0 Å². The van der Waals surface area contributed by atoms with E-state index in [1.165, 1.54) is 19.3 Å². The van der Waals surface area contributed by atoms with E-state index >= 15 is 0 Å². The molecule has 1 aliphatic rings. The zero-order valence-corrected chi connectivity index (χ0v) is 16.1. The number of nitrogens with one attached hydrogen (secondary N) is 2. The van der Waals surface area contributed by atoms with E-state index in [4.69, 9.17) is 17.3 Å². The summed E-state index contributed by atoms with van der Waals surface area (Å²) in [4.78, 5) is 16.2. The van der Waals surface area contributed by atoms with E-state index in [-0.39, 0.29) is 29.9 Å². The van der Waals surface area contributed by atoms with Gasteiger partial charge < -0.3 is 16.4 Å². The number of benzene rings is 1. The maximum Gasteiger partial charge on any atom is 0.252 e. The minimum absolute atomic E-state index is 0. The Labute approximate surface area is 159 Å². The van der Waals surface area contributed by atoms with E-state index in [1.807, 2.05) is 0 Å². The molecule has 128 valence electrons. The molecule has 7 heteroatoms. The van der Waals surface area contributed by atoms with E-state index in [1.54, 1.807) is 24.3 Å². The van der Waals surface area contributed by atoms with Crippen molar-refractivity contribution in [1.29, 1.82) is 0 Å². The normalized spacial score (nSPS) is 15.6. The summed E-state index contributed by atoms with van der Waals surface area (Å²) in [6.45, 7) is 0.874. The van der Waals surface area contributed by atoms with Gasteiger partial charge in [-0.05, 0) is 25.0 Å². The zero-order chi connectivity index (χ0) is 15.8. The second kappa shape index (κ2) is 10.7. The second-order valence-electron chi connectivity index (χ2n) is 5.48. The van der Waals surface area contributed by atoms with Gasteiger partial charge in [0.2, 0.25) is 0 Å². The van der Waals surface area contributed by atoms with Crippen molar-refractivity contribution in [3.63, 3.8) is 0 Å². The van der Waals surface area contributed by atoms with Gasteiger partial charge in [-0.15, -0.1) is 24.0 Å². The first-order valence-corrected chi connectivity index (χ1v) is 8.14. The number of hydrogen-bond acceptors (Lipinski definition) is 2. The highest BCUT2D eigenvalue weighted by Gasteiger charge is 2.13. The van der Waals surface area contributed by atoms with Gasteiger partial charge in [-0.1, -0.05) is 43.0 Å². The SMILES string of the molecule is I.NC(=NCCNC(=O)c1ccccc1Cl)NC1CCCCC1. The minimum atomic E-state index is -0.195. The molecule has 0 unspecified atom stereocenters. The predicted octanol–water partition coefficient (Wildman–Crippen LogP) is 2.92. The third-order valence-corrected chi connectivity index (χ3v) is 4.08. The largest absolute Gasteiger partial charge is 0.370 e. The van der Waals surface area contributed by atoms with Gasteiger partial charge in [0.15, 0.2) is 5.96 Å². The van der Waals surface area contributed by atoms with Crippen molar-refractivity contribution in [2.75, 3.05) is 13.1 Å². The average Bonchev–Trinajstić information content (AvgIpc) is 2.53. The number of carbonyl (C=O) groups is 1. The molecular formula is C16H24ClIN4O. The highest BCUT2D eigenvalue weighted by atomic mass is 127. The van der Waals surface area contributed by atoms with Crippen LogP contribution in [0.15, 0.2) is 29.3 Å². The van der Waals surface area contributed by atoms with Crippen molar-refractivity contribution in [3.05, 3.63) is 34.9 Å². The minimum Gasteiger partial charge on any atom is -0.370 e. The van der Waals surface area contributed by atoms with Gasteiger partial charge >= 0.3 is 0 Å². The van der Waals surface area contributed by atoms with Crippen LogP contribution in [0.3, 0.4) is 0 Å². The number of nitrogens with zero attached hydrogens (tertiary/aromatic N) is 1. The molecule has 1 fully saturated rings. The summed E-state index contributed by atoms with van der Waals surface area (Å²) < 4.78 is 0. The Bertz CT molecular complexity index is 533. The summed E-state index contributed by atoms with van der Waals surface area (Å²) in [5.41, 5.74) is 6.34. The Balaban J connectivity index is 0.00000264. The standard InChI is InChI=1S/C16H23ClN4O.HI/c17-14-9-5-4-8-13(14)15(22)19-10-11-20-16(18)21-12-6-2-1-3-7-12;/h4-5,8-9,12H,1-3,6-7,10-11H2,(H,19,22)(H3,18,20,21);1H. The fraction of sp³-hybridized carbons (Fsp3) is 0.500. The summed E-state index contributed by atoms with van der Waals surface area (Å²) in [5.74, 6) is 0.263. The highest BCUT2D eigenvalue weighted by molar-refractivity contribution is 14.0. The number of amides is 1. The lowest BCUT2D eigenvalue weighted by atomic mass is 9.96. The second-order valence-corrected chi connectivity index (χ2v) is 5.89. The van der Waals surface area contributed by atoms with Gasteiger partial charge in [0.1, 0.15) is 0 Å². The molecule has 0 aliphatic heterocycles. The molecule has 2 rings (SSSR count). The maximum atomic E-state index is 11.9. The summed E-state index contributed by atoms with van der Waals surface area (Å²) >= 11 is 5.97. The Hall–Kier alpha value is -1.02. The lowest BCUT2D eigenvalue weighted by molar-refractivity contribution is 0.0955. The van der Waals surface area contributed by atoms with Crippen LogP contribution >= 0.6 is 35.6 Å². The fourth-order valence-corrected chi connectivity index (χ4v) is 2.81. The number of guanidine groups is 1. The van der Waals surface area contributed by atoms with Crippen LogP contribution in [0.25, 0.3) is 0 Å². The number of carbonyl (C=O) groups excluding carboxylic acids is 1. The molecule has 5 nitrogen and oxygen atoms in total. The molecule has 0 radical (unpaired) electrons. The topological polar surface area (TPSA) is 79.5 Å². The van der Waals surface area contributed by atoms with Crippen LogP contribution < -0.4 is 16.4 Å². The molecule has 4 N–H and O–H groups in total. The first-order valence-electron chi connectivity index (χ1n) is 7.76. The lowest BCUT2D eigenvalue weighted by Gasteiger charge is -2.23. The van der Waals surface area contributed by atoms with Crippen LogP contribution in [0.4, 0.5) is 0 Å². The van der Waals surface area contributed by atoms with Crippen LogP contribution in [-0.2, 0) is 0 Å². The Kier molecular flexibility index (Phi) is 9.31. The number of halogens is 2. The summed E-state index contributed by atoms with van der Waals surface area (Å²) in [6, 6.07) is 7.40. The van der Waals surface area contributed by atoms with Gasteiger partial charge in [-0.25, -0.2) is 0 Å². The van der Waals surface area contributed by atoms with Gasteiger partial charge in [-0.2, -0.15) is 0 Å². The Morgan fingerprint density at radius 2 is 1.96 bits per heavy atom. The first-order chi connectivity index (χ1) is 10.7. The van der Waals surface area contributed by atoms with E-state index < -0.39 is 0 Å². The number of nitrogens with two attached hydrogens (primary N) is 1. The van der Waals surface area contributed by atoms with Gasteiger partial charge in [0.05, 0.1) is 17.1 Å². The Morgan fingerprint density at radius 1 is 1.26 bits per heavy atom. The number of hydrogen-bond donors (Lipinski definition) is 3. The van der Waals surface area contributed by atoms with Crippen molar-refractivity contribution >= 4 is 47.4 Å². The average molecular weight is 451 g/mol. The van der Waals surface area contributed by atoms with Crippen molar-refractivity contribution in [1.82, 2.24) is 10.6 Å². The number of aliphatic imine (C=N–C) groups is 1. The summed E-state index contributed by atoms with van der Waals surface area (Å²) in [5, 5.41) is 6.47. The van der Waals surface area contributed by atoms with Crippen molar-refractivity contribution in [2.24, 2.45) is 10.7 Å². The molecular weight excluding hydrogens is 427 g/mol. The molecule has 0 heterocycles. The molecule has 0 bridgehead atoms. The van der Waals surface area contributed by atoms with E-state index in [2.05, 4.69) is 15.6 Å². The van der Waals surface area contributed by atoms with Crippen molar-refractivity contribution < 1.29 is 4.79 Å². The summed E-state index contributed by atoms with van der Waals surface area (Å²) in [7, 11) is 0. The monoisotopic (exact) mass is 450 g/mol. The summed E-state index contributed by atoms with van der Waals surface area (Å²) in [6.07, 6.45) is 6.11. The molecule has 0 aromatic heterocycles. The molecule has 0 atom stereocenters. The van der Waals surface area contributed by atoms with Crippen molar-refractivity contribution in [3.8, 4) is 0 Å². The van der Waals surface area contributed by atoms with Crippen LogP contribution in [-0.4, -0.2) is 31.0 Å². The molecule has 0 spiro atoms. The lowest BCUT2D eigenvalue weighted by Crippen LogP contribution is -2.41. The van der Waals surface area contributed by atoms with Gasteiger partial charge in [0, 0.05) is 12.6 Å². The van der Waals surface area contributed by atoms with Gasteiger partial charge in [-0.3, -0.25) is 9.79 Å². The van der Waals surface area contributed by atoms with Crippen LogP contribution in [0.2, 0.25) is 5.02 Å². The molecule has 1 aromatic carbocycles. The van der Waals surface area contributed by atoms with E-state index in [0.29, 0.717) is 35.7 Å². The third-order valence-electron chi connectivity index (χ3n) is 3.76. The third kappa shape index (κ3) is 6.95. The quantitative estimate of drug-likeness (QED) is 0.279. The van der Waals surface area contributed by atoms with Crippen LogP contribution in [0.1, 0.15) is 42.5 Å². The van der Waals surface area contributed by atoms with Crippen LogP contribution in [0, 0.1) is 0 Å². The molecule has 1 saturated carbocycles. The van der Waals surface area contributed by atoms with E-state index in [9.17, 15) is 4.79 Å². The molecule has 0 saturated heterocycles. The first kappa shape index (κ1) is 20.0. The molecule has 1 aliphatic carbocycles. The van der Waals surface area contributed by atoms with E-state index in [0.717, 1.165) is 12.8 Å². The molecule has 1 aromatic rings. The fourth-order valence-electron chi connectivity index (χ4n) is 2.59. The zero-order valence-electron chi connectivity index (χ0n) is 13.1. The van der Waals surface area contributed by atoms with Crippen molar-refractivity contribution in [2.45, 2.75) is 38.1 Å². The molecule has 1 amide bonds. The predicted molar refractivity (Wildman–Crippen MR) is 106 cm³/mol. The Morgan fingerprint density at radius 3 is 2.65 bits per heavy atom. The smallest absolute Gasteiger partial charge is 0.252 e. The number of rotatable bonds is 5. The van der Waals surface area contributed by atoms with Gasteiger partial charge in [0.25, 0.3) is 5.91 Å². The maximum absolute atomic E-state index is 11.9. The highest BCUT2D eigenvalue weighted by Crippen LogP contribution is 2.17. The molecule has 23 heavy (non-hydrogen) atoms.